The van der Waals surface area contributed by atoms with E-state index >= 15 is 0 Å². The first kappa shape index (κ1) is 15.4. The van der Waals surface area contributed by atoms with Crippen LogP contribution < -0.4 is 10.6 Å². The number of hydrogen-bond acceptors (Lipinski definition) is 3. The Hall–Kier alpha value is -0.610. The second-order valence-corrected chi connectivity index (χ2v) is 5.37. The Balaban J connectivity index is 2.31. The molecule has 18 heavy (non-hydrogen) atoms. The zero-order chi connectivity index (χ0) is 13.6. The number of methoxy groups -OCH3 is 1. The summed E-state index contributed by atoms with van der Waals surface area (Å²) in [7, 11) is 1.76. The van der Waals surface area contributed by atoms with Gasteiger partial charge >= 0.3 is 0 Å². The SMILES string of the molecule is CCC(CC)NC(=O)C(C)NCC1(OC)CCC1. The fourth-order valence-corrected chi connectivity index (χ4v) is 2.27. The highest BCUT2D eigenvalue weighted by atomic mass is 16.5. The Bertz CT molecular complexity index is 255. The highest BCUT2D eigenvalue weighted by Gasteiger charge is 2.37. The highest BCUT2D eigenvalue weighted by molar-refractivity contribution is 5.81. The van der Waals surface area contributed by atoms with Crippen LogP contribution in [0.2, 0.25) is 0 Å². The van der Waals surface area contributed by atoms with Crippen molar-refractivity contribution in [3.05, 3.63) is 0 Å². The predicted octanol–water partition coefficient (Wildman–Crippen LogP) is 1.84. The molecule has 0 saturated heterocycles. The number of nitrogens with one attached hydrogen (secondary N) is 2. The van der Waals surface area contributed by atoms with E-state index in [9.17, 15) is 4.79 Å². The molecule has 1 amide bonds. The molecule has 0 aromatic rings. The highest BCUT2D eigenvalue weighted by Crippen LogP contribution is 2.34. The van der Waals surface area contributed by atoms with Crippen LogP contribution in [0.5, 0.6) is 0 Å². The predicted molar refractivity (Wildman–Crippen MR) is 73.6 cm³/mol. The van der Waals surface area contributed by atoms with Gasteiger partial charge in [0.25, 0.3) is 0 Å². The van der Waals surface area contributed by atoms with Crippen molar-refractivity contribution in [2.75, 3.05) is 13.7 Å². The van der Waals surface area contributed by atoms with Gasteiger partial charge in [0.1, 0.15) is 0 Å². The zero-order valence-electron chi connectivity index (χ0n) is 12.2. The molecule has 4 nitrogen and oxygen atoms in total. The van der Waals surface area contributed by atoms with Crippen molar-refractivity contribution in [3.8, 4) is 0 Å². The van der Waals surface area contributed by atoms with Crippen LogP contribution in [0, 0.1) is 0 Å². The van der Waals surface area contributed by atoms with E-state index in [1.165, 1.54) is 6.42 Å². The van der Waals surface area contributed by atoms with Crippen molar-refractivity contribution < 1.29 is 9.53 Å². The summed E-state index contributed by atoms with van der Waals surface area (Å²) in [6, 6.07) is 0.139. The number of carbonyl (C=O) groups excluding carboxylic acids is 1. The minimum Gasteiger partial charge on any atom is -0.377 e. The van der Waals surface area contributed by atoms with Crippen LogP contribution in [0.4, 0.5) is 0 Å². The average Bonchev–Trinajstić information content (AvgIpc) is 2.34. The van der Waals surface area contributed by atoms with Crippen molar-refractivity contribution in [1.82, 2.24) is 10.6 Å². The van der Waals surface area contributed by atoms with Crippen molar-refractivity contribution >= 4 is 5.91 Å². The Morgan fingerprint density at radius 2 is 1.94 bits per heavy atom. The third kappa shape index (κ3) is 3.95. The van der Waals surface area contributed by atoms with Crippen molar-refractivity contribution in [3.63, 3.8) is 0 Å². The fraction of sp³-hybridized carbons (Fsp3) is 0.929. The van der Waals surface area contributed by atoms with Crippen LogP contribution in [-0.4, -0.2) is 37.2 Å². The van der Waals surface area contributed by atoms with E-state index in [1.54, 1.807) is 7.11 Å². The van der Waals surface area contributed by atoms with E-state index in [4.69, 9.17) is 4.74 Å². The summed E-state index contributed by atoms with van der Waals surface area (Å²) in [5.74, 6) is 0.0919. The summed E-state index contributed by atoms with van der Waals surface area (Å²) in [5.41, 5.74) is -0.0244. The minimum absolute atomic E-state index is 0.0244. The number of rotatable bonds is 8. The van der Waals surface area contributed by atoms with Gasteiger partial charge in [-0.2, -0.15) is 0 Å². The second kappa shape index (κ2) is 7.10. The van der Waals surface area contributed by atoms with E-state index in [1.807, 2.05) is 6.92 Å². The van der Waals surface area contributed by atoms with E-state index in [-0.39, 0.29) is 17.6 Å². The molecule has 1 aliphatic rings. The maximum atomic E-state index is 12.0. The lowest BCUT2D eigenvalue weighted by molar-refractivity contribution is -0.124. The number of hydrogen-bond donors (Lipinski definition) is 2. The standard InChI is InChI=1S/C14H28N2O2/c1-5-12(6-2)16-13(17)11(3)15-10-14(18-4)8-7-9-14/h11-12,15H,5-10H2,1-4H3,(H,16,17). The molecule has 0 heterocycles. The van der Waals surface area contributed by atoms with Crippen LogP contribution in [0.15, 0.2) is 0 Å². The molecule has 2 N–H and O–H groups in total. The topological polar surface area (TPSA) is 50.4 Å². The van der Waals surface area contributed by atoms with Crippen LogP contribution in [0.3, 0.4) is 0 Å². The Morgan fingerprint density at radius 1 is 1.33 bits per heavy atom. The molecule has 0 bridgehead atoms. The average molecular weight is 256 g/mol. The van der Waals surface area contributed by atoms with Crippen molar-refractivity contribution in [1.29, 1.82) is 0 Å². The van der Waals surface area contributed by atoms with Crippen LogP contribution in [0.1, 0.15) is 52.9 Å². The smallest absolute Gasteiger partial charge is 0.237 e. The van der Waals surface area contributed by atoms with Crippen LogP contribution in [-0.2, 0) is 9.53 Å². The molecule has 0 aliphatic heterocycles. The Kier molecular flexibility index (Phi) is 6.09. The first-order chi connectivity index (χ1) is 8.56. The van der Waals surface area contributed by atoms with E-state index in [2.05, 4.69) is 24.5 Å². The molecular formula is C14H28N2O2. The summed E-state index contributed by atoms with van der Waals surface area (Å²) >= 11 is 0. The minimum atomic E-state index is -0.154. The van der Waals surface area contributed by atoms with Gasteiger partial charge in [-0.1, -0.05) is 13.8 Å². The van der Waals surface area contributed by atoms with Gasteiger partial charge in [0.15, 0.2) is 0 Å². The van der Waals surface area contributed by atoms with Crippen molar-refractivity contribution in [2.45, 2.75) is 70.6 Å². The fourth-order valence-electron chi connectivity index (χ4n) is 2.27. The van der Waals surface area contributed by atoms with E-state index < -0.39 is 0 Å². The quantitative estimate of drug-likeness (QED) is 0.696. The molecule has 106 valence electrons. The van der Waals surface area contributed by atoms with Gasteiger partial charge in [-0.3, -0.25) is 4.79 Å². The van der Waals surface area contributed by atoms with E-state index in [0.29, 0.717) is 6.04 Å². The third-order valence-corrected chi connectivity index (χ3v) is 4.15. The Labute approximate surface area is 111 Å². The second-order valence-electron chi connectivity index (χ2n) is 5.37. The number of ether oxygens (including phenoxy) is 1. The summed E-state index contributed by atoms with van der Waals surface area (Å²) in [6.07, 6.45) is 5.38. The van der Waals surface area contributed by atoms with Gasteiger partial charge in [0.05, 0.1) is 11.6 Å². The normalized spacial score (nSPS) is 19.4. The van der Waals surface area contributed by atoms with Gasteiger partial charge in [0.2, 0.25) is 5.91 Å². The molecule has 1 saturated carbocycles. The zero-order valence-corrected chi connectivity index (χ0v) is 12.2. The van der Waals surface area contributed by atoms with Crippen LogP contribution >= 0.6 is 0 Å². The van der Waals surface area contributed by atoms with Crippen molar-refractivity contribution in [2.24, 2.45) is 0 Å². The largest absolute Gasteiger partial charge is 0.377 e. The number of carbonyl (C=O) groups is 1. The van der Waals surface area contributed by atoms with Crippen LogP contribution in [0.25, 0.3) is 0 Å². The molecule has 0 aromatic carbocycles. The molecule has 1 atom stereocenters. The molecule has 0 radical (unpaired) electrons. The maximum absolute atomic E-state index is 12.0. The monoisotopic (exact) mass is 256 g/mol. The first-order valence-corrected chi connectivity index (χ1v) is 7.15. The molecular weight excluding hydrogens is 228 g/mol. The van der Waals surface area contributed by atoms with E-state index in [0.717, 1.165) is 32.2 Å². The maximum Gasteiger partial charge on any atom is 0.237 e. The molecule has 0 aromatic heterocycles. The lowest BCUT2D eigenvalue weighted by Crippen LogP contribution is -2.53. The lowest BCUT2D eigenvalue weighted by atomic mass is 9.80. The summed E-state index contributed by atoms with van der Waals surface area (Å²) in [6.45, 7) is 6.88. The molecule has 1 fully saturated rings. The summed E-state index contributed by atoms with van der Waals surface area (Å²) in [4.78, 5) is 12.0. The summed E-state index contributed by atoms with van der Waals surface area (Å²) in [5, 5.41) is 6.36. The lowest BCUT2D eigenvalue weighted by Gasteiger charge is -2.41. The number of amides is 1. The Morgan fingerprint density at radius 3 is 2.33 bits per heavy atom. The molecule has 1 unspecified atom stereocenters. The molecule has 4 heteroatoms. The molecule has 1 rings (SSSR count). The third-order valence-electron chi connectivity index (χ3n) is 4.15. The van der Waals surface area contributed by atoms with Gasteiger partial charge in [-0.25, -0.2) is 0 Å². The molecule has 1 aliphatic carbocycles. The molecule has 0 spiro atoms. The summed E-state index contributed by atoms with van der Waals surface area (Å²) < 4.78 is 5.53. The van der Waals surface area contributed by atoms with Gasteiger partial charge in [0, 0.05) is 19.7 Å². The van der Waals surface area contributed by atoms with Gasteiger partial charge < -0.3 is 15.4 Å². The van der Waals surface area contributed by atoms with Gasteiger partial charge in [-0.15, -0.1) is 0 Å². The van der Waals surface area contributed by atoms with Gasteiger partial charge in [-0.05, 0) is 39.0 Å². The first-order valence-electron chi connectivity index (χ1n) is 7.15.